The molecular weight excluding hydrogens is 230 g/mol. The van der Waals surface area contributed by atoms with Gasteiger partial charge in [-0.15, -0.1) is 0 Å². The van der Waals surface area contributed by atoms with Crippen molar-refractivity contribution in [3.05, 3.63) is 64.7 Å². The molecule has 0 aromatic heterocycles. The van der Waals surface area contributed by atoms with Gasteiger partial charge in [0.1, 0.15) is 0 Å². The van der Waals surface area contributed by atoms with Gasteiger partial charge < -0.3 is 5.73 Å². The van der Waals surface area contributed by atoms with E-state index in [1.807, 2.05) is 24.3 Å². The monoisotopic (exact) mass is 249 g/mol. The third-order valence-corrected chi connectivity index (χ3v) is 3.25. The number of hydrogen-bond donors (Lipinski definition) is 1. The van der Waals surface area contributed by atoms with Crippen LogP contribution in [0.4, 0.5) is 5.69 Å². The molecular formula is C18H19N. The van der Waals surface area contributed by atoms with Crippen LogP contribution in [-0.4, -0.2) is 0 Å². The number of benzene rings is 2. The van der Waals surface area contributed by atoms with Gasteiger partial charge in [0, 0.05) is 16.8 Å². The van der Waals surface area contributed by atoms with Crippen molar-refractivity contribution in [1.82, 2.24) is 0 Å². The molecule has 0 spiro atoms. The Bertz CT molecular complexity index is 630. The summed E-state index contributed by atoms with van der Waals surface area (Å²) in [7, 11) is 0. The molecule has 2 aromatic carbocycles. The molecule has 2 rings (SSSR count). The number of nitrogens with two attached hydrogens (primary N) is 1. The van der Waals surface area contributed by atoms with Crippen LogP contribution in [0.1, 0.15) is 36.1 Å². The van der Waals surface area contributed by atoms with Crippen molar-refractivity contribution in [2.24, 2.45) is 0 Å². The van der Waals surface area contributed by atoms with Crippen molar-refractivity contribution in [3.63, 3.8) is 0 Å². The highest BCUT2D eigenvalue weighted by molar-refractivity contribution is 5.58. The number of aryl methyl sites for hydroxylation is 2. The molecule has 0 bridgehead atoms. The molecule has 0 aliphatic rings. The van der Waals surface area contributed by atoms with Crippen molar-refractivity contribution >= 4 is 5.69 Å². The summed E-state index contributed by atoms with van der Waals surface area (Å²) >= 11 is 0. The first-order valence-corrected chi connectivity index (χ1v) is 6.73. The summed E-state index contributed by atoms with van der Waals surface area (Å²) in [5.74, 6) is 6.41. The predicted molar refractivity (Wildman–Crippen MR) is 82.0 cm³/mol. The van der Waals surface area contributed by atoms with E-state index in [1.165, 1.54) is 11.1 Å². The standard InChI is InChI=1S/C18H19N/c1-3-14-9-10-16(15(4-2)13-14)11-12-17-7-5-6-8-18(17)19/h5-10,13H,3-4,19H2,1-2H3. The van der Waals surface area contributed by atoms with E-state index in [0.29, 0.717) is 0 Å². The maximum Gasteiger partial charge on any atom is 0.0478 e. The maximum absolute atomic E-state index is 5.90. The van der Waals surface area contributed by atoms with Gasteiger partial charge in [-0.3, -0.25) is 0 Å². The Labute approximate surface area is 115 Å². The van der Waals surface area contributed by atoms with Crippen LogP contribution in [0.5, 0.6) is 0 Å². The zero-order valence-electron chi connectivity index (χ0n) is 11.5. The molecule has 0 amide bonds. The fourth-order valence-electron chi connectivity index (χ4n) is 2.03. The van der Waals surface area contributed by atoms with E-state index in [9.17, 15) is 0 Å². The Morgan fingerprint density at radius 1 is 0.895 bits per heavy atom. The van der Waals surface area contributed by atoms with Crippen LogP contribution in [0, 0.1) is 11.8 Å². The summed E-state index contributed by atoms with van der Waals surface area (Å²) in [6, 6.07) is 14.2. The molecule has 0 radical (unpaired) electrons. The van der Waals surface area contributed by atoms with Gasteiger partial charge in [-0.1, -0.05) is 50.0 Å². The predicted octanol–water partition coefficient (Wildman–Crippen LogP) is 3.79. The second-order valence-electron chi connectivity index (χ2n) is 4.54. The topological polar surface area (TPSA) is 26.0 Å². The first-order valence-electron chi connectivity index (χ1n) is 6.73. The highest BCUT2D eigenvalue weighted by Crippen LogP contribution is 2.14. The minimum absolute atomic E-state index is 0.734. The quantitative estimate of drug-likeness (QED) is 0.636. The third-order valence-electron chi connectivity index (χ3n) is 3.25. The Kier molecular flexibility index (Phi) is 4.26. The van der Waals surface area contributed by atoms with Crippen molar-refractivity contribution in [1.29, 1.82) is 0 Å². The lowest BCUT2D eigenvalue weighted by Crippen LogP contribution is -1.92. The normalized spacial score (nSPS) is 9.79. The highest BCUT2D eigenvalue weighted by atomic mass is 14.5. The second kappa shape index (κ2) is 6.11. The van der Waals surface area contributed by atoms with Crippen LogP contribution < -0.4 is 5.73 Å². The number of anilines is 1. The Morgan fingerprint density at radius 2 is 1.63 bits per heavy atom. The summed E-state index contributed by atoms with van der Waals surface area (Å²) in [5, 5.41) is 0. The first-order chi connectivity index (χ1) is 9.24. The summed E-state index contributed by atoms with van der Waals surface area (Å²) in [4.78, 5) is 0. The van der Waals surface area contributed by atoms with Crippen LogP contribution in [0.15, 0.2) is 42.5 Å². The molecule has 1 nitrogen and oxygen atoms in total. The molecule has 19 heavy (non-hydrogen) atoms. The fourth-order valence-corrected chi connectivity index (χ4v) is 2.03. The van der Waals surface area contributed by atoms with Gasteiger partial charge in [0.25, 0.3) is 0 Å². The summed E-state index contributed by atoms with van der Waals surface area (Å²) in [6.45, 7) is 4.33. The van der Waals surface area contributed by atoms with Crippen molar-refractivity contribution in [2.75, 3.05) is 5.73 Å². The lowest BCUT2D eigenvalue weighted by atomic mass is 10.0. The van der Waals surface area contributed by atoms with Crippen molar-refractivity contribution in [2.45, 2.75) is 26.7 Å². The lowest BCUT2D eigenvalue weighted by Gasteiger charge is -2.04. The molecule has 0 fully saturated rings. The van der Waals surface area contributed by atoms with E-state index in [0.717, 1.165) is 29.7 Å². The zero-order valence-corrected chi connectivity index (χ0v) is 11.5. The van der Waals surface area contributed by atoms with Gasteiger partial charge in [-0.05, 0) is 42.2 Å². The zero-order chi connectivity index (χ0) is 13.7. The number of para-hydroxylation sites is 1. The average Bonchev–Trinajstić information content (AvgIpc) is 2.46. The molecule has 2 aromatic rings. The van der Waals surface area contributed by atoms with E-state index in [1.54, 1.807) is 0 Å². The minimum Gasteiger partial charge on any atom is -0.398 e. The van der Waals surface area contributed by atoms with Gasteiger partial charge in [0.15, 0.2) is 0 Å². The van der Waals surface area contributed by atoms with Crippen molar-refractivity contribution in [3.8, 4) is 11.8 Å². The lowest BCUT2D eigenvalue weighted by molar-refractivity contribution is 1.08. The minimum atomic E-state index is 0.734. The average molecular weight is 249 g/mol. The van der Waals surface area contributed by atoms with E-state index in [-0.39, 0.29) is 0 Å². The second-order valence-corrected chi connectivity index (χ2v) is 4.54. The molecule has 96 valence electrons. The summed E-state index contributed by atoms with van der Waals surface area (Å²) in [6.07, 6.45) is 2.06. The Morgan fingerprint density at radius 3 is 2.32 bits per heavy atom. The van der Waals surface area contributed by atoms with Crippen LogP contribution in [-0.2, 0) is 12.8 Å². The molecule has 0 unspecified atom stereocenters. The molecule has 0 atom stereocenters. The van der Waals surface area contributed by atoms with Crippen LogP contribution in [0.3, 0.4) is 0 Å². The summed E-state index contributed by atoms with van der Waals surface area (Å²) in [5.41, 5.74) is 11.3. The highest BCUT2D eigenvalue weighted by Gasteiger charge is 1.99. The van der Waals surface area contributed by atoms with Crippen molar-refractivity contribution < 1.29 is 0 Å². The van der Waals surface area contributed by atoms with Gasteiger partial charge >= 0.3 is 0 Å². The van der Waals surface area contributed by atoms with Gasteiger partial charge in [-0.25, -0.2) is 0 Å². The molecule has 0 heterocycles. The molecule has 0 aliphatic heterocycles. The SMILES string of the molecule is CCc1ccc(C#Cc2ccccc2N)c(CC)c1. The number of rotatable bonds is 2. The largest absolute Gasteiger partial charge is 0.398 e. The molecule has 2 N–H and O–H groups in total. The van der Waals surface area contributed by atoms with Crippen LogP contribution in [0.25, 0.3) is 0 Å². The van der Waals surface area contributed by atoms with E-state index in [2.05, 4.69) is 43.9 Å². The summed E-state index contributed by atoms with van der Waals surface area (Å²) < 4.78 is 0. The molecule has 0 saturated heterocycles. The fraction of sp³-hybridized carbons (Fsp3) is 0.222. The Balaban J connectivity index is 2.37. The smallest absolute Gasteiger partial charge is 0.0478 e. The van der Waals surface area contributed by atoms with E-state index >= 15 is 0 Å². The first kappa shape index (κ1) is 13.2. The maximum atomic E-state index is 5.90. The van der Waals surface area contributed by atoms with Crippen LogP contribution >= 0.6 is 0 Å². The van der Waals surface area contributed by atoms with Gasteiger partial charge in [0.05, 0.1) is 0 Å². The van der Waals surface area contributed by atoms with Crippen LogP contribution in [0.2, 0.25) is 0 Å². The van der Waals surface area contributed by atoms with Gasteiger partial charge in [-0.2, -0.15) is 0 Å². The number of nitrogen functional groups attached to an aromatic ring is 1. The third kappa shape index (κ3) is 3.17. The number of hydrogen-bond acceptors (Lipinski definition) is 1. The molecule has 1 heteroatoms. The molecule has 0 saturated carbocycles. The van der Waals surface area contributed by atoms with E-state index < -0.39 is 0 Å². The Hall–Kier alpha value is -2.20. The van der Waals surface area contributed by atoms with E-state index in [4.69, 9.17) is 5.73 Å². The van der Waals surface area contributed by atoms with Gasteiger partial charge in [0.2, 0.25) is 0 Å². The molecule has 0 aliphatic carbocycles.